The molecule has 0 aliphatic heterocycles. The number of hydrogen-bond donors (Lipinski definition) is 1. The van der Waals surface area contributed by atoms with Crippen molar-refractivity contribution in [2.24, 2.45) is 0 Å². The number of pyridine rings is 1. The molecule has 0 saturated carbocycles. The van der Waals surface area contributed by atoms with Gasteiger partial charge in [0.15, 0.2) is 0 Å². The SMILES string of the molecule is CCCNC(c1ccc(F)cc1)c1ncc(Cl)cc1Cl. The Morgan fingerprint density at radius 2 is 1.95 bits per heavy atom. The van der Waals surface area contributed by atoms with E-state index in [4.69, 9.17) is 23.2 Å². The zero-order chi connectivity index (χ0) is 14.5. The molecule has 1 atom stereocenters. The van der Waals surface area contributed by atoms with E-state index in [0.29, 0.717) is 15.7 Å². The molecule has 0 aliphatic rings. The Labute approximate surface area is 127 Å². The van der Waals surface area contributed by atoms with Crippen LogP contribution in [0.1, 0.15) is 30.6 Å². The number of benzene rings is 1. The molecule has 106 valence electrons. The summed E-state index contributed by atoms with van der Waals surface area (Å²) in [5, 5.41) is 4.36. The molecule has 1 heterocycles. The largest absolute Gasteiger partial charge is 0.305 e. The molecule has 2 aromatic rings. The highest BCUT2D eigenvalue weighted by Crippen LogP contribution is 2.28. The molecule has 0 saturated heterocycles. The lowest BCUT2D eigenvalue weighted by atomic mass is 10.0. The van der Waals surface area contributed by atoms with Crippen molar-refractivity contribution in [3.8, 4) is 0 Å². The molecule has 0 fully saturated rings. The maximum absolute atomic E-state index is 13.1. The molecule has 0 radical (unpaired) electrons. The van der Waals surface area contributed by atoms with Crippen LogP contribution in [0.4, 0.5) is 4.39 Å². The molecule has 1 unspecified atom stereocenters. The van der Waals surface area contributed by atoms with Crippen LogP contribution in [0.2, 0.25) is 10.0 Å². The second kappa shape index (κ2) is 7.02. The van der Waals surface area contributed by atoms with Crippen molar-refractivity contribution in [2.45, 2.75) is 19.4 Å². The molecule has 2 nitrogen and oxygen atoms in total. The molecule has 1 N–H and O–H groups in total. The summed E-state index contributed by atoms with van der Waals surface area (Å²) in [6.07, 6.45) is 2.54. The number of aromatic nitrogens is 1. The molecule has 5 heteroatoms. The topological polar surface area (TPSA) is 24.9 Å². The molecule has 0 aliphatic carbocycles. The van der Waals surface area contributed by atoms with E-state index >= 15 is 0 Å². The van der Waals surface area contributed by atoms with E-state index < -0.39 is 0 Å². The zero-order valence-electron chi connectivity index (χ0n) is 11.0. The van der Waals surface area contributed by atoms with E-state index in [2.05, 4.69) is 17.2 Å². The molecule has 0 spiro atoms. The predicted molar refractivity (Wildman–Crippen MR) is 80.8 cm³/mol. The van der Waals surface area contributed by atoms with Gasteiger partial charge in [0.1, 0.15) is 5.82 Å². The van der Waals surface area contributed by atoms with Gasteiger partial charge in [-0.3, -0.25) is 4.98 Å². The first-order valence-corrected chi connectivity index (χ1v) is 7.17. The van der Waals surface area contributed by atoms with Crippen LogP contribution in [0.5, 0.6) is 0 Å². The summed E-state index contributed by atoms with van der Waals surface area (Å²) in [5.74, 6) is -0.266. The van der Waals surface area contributed by atoms with Gasteiger partial charge >= 0.3 is 0 Å². The Morgan fingerprint density at radius 1 is 1.25 bits per heavy atom. The number of halogens is 3. The van der Waals surface area contributed by atoms with E-state index in [-0.39, 0.29) is 11.9 Å². The van der Waals surface area contributed by atoms with Crippen LogP contribution in [0.15, 0.2) is 36.5 Å². The Kier molecular flexibility index (Phi) is 5.35. The lowest BCUT2D eigenvalue weighted by Crippen LogP contribution is -2.24. The van der Waals surface area contributed by atoms with Crippen molar-refractivity contribution in [1.29, 1.82) is 0 Å². The second-order valence-electron chi connectivity index (χ2n) is 4.46. The van der Waals surface area contributed by atoms with Crippen LogP contribution < -0.4 is 5.32 Å². The van der Waals surface area contributed by atoms with Crippen LogP contribution in [-0.4, -0.2) is 11.5 Å². The summed E-state index contributed by atoms with van der Waals surface area (Å²) >= 11 is 12.1. The predicted octanol–water partition coefficient (Wildman–Crippen LogP) is 4.62. The third-order valence-electron chi connectivity index (χ3n) is 2.91. The number of nitrogens with zero attached hydrogens (tertiary/aromatic N) is 1. The van der Waals surface area contributed by atoms with Crippen LogP contribution in [0.3, 0.4) is 0 Å². The molecule has 2 rings (SSSR count). The van der Waals surface area contributed by atoms with Gasteiger partial charge in [-0.25, -0.2) is 4.39 Å². The van der Waals surface area contributed by atoms with E-state index in [0.717, 1.165) is 18.5 Å². The highest BCUT2D eigenvalue weighted by molar-refractivity contribution is 6.34. The van der Waals surface area contributed by atoms with Crippen molar-refractivity contribution < 1.29 is 4.39 Å². The zero-order valence-corrected chi connectivity index (χ0v) is 12.5. The fourth-order valence-corrected chi connectivity index (χ4v) is 2.44. The Bertz CT molecular complexity index is 573. The quantitative estimate of drug-likeness (QED) is 0.871. The Balaban J connectivity index is 2.38. The van der Waals surface area contributed by atoms with E-state index in [1.807, 2.05) is 0 Å². The summed E-state index contributed by atoms with van der Waals surface area (Å²) in [6, 6.07) is 7.81. The van der Waals surface area contributed by atoms with E-state index in [9.17, 15) is 4.39 Å². The minimum Gasteiger partial charge on any atom is -0.305 e. The first kappa shape index (κ1) is 15.2. The van der Waals surface area contributed by atoms with Gasteiger partial charge in [-0.15, -0.1) is 0 Å². The highest BCUT2D eigenvalue weighted by atomic mass is 35.5. The van der Waals surface area contributed by atoms with Gasteiger partial charge in [0, 0.05) is 6.20 Å². The van der Waals surface area contributed by atoms with E-state index in [1.165, 1.54) is 12.1 Å². The van der Waals surface area contributed by atoms with Crippen molar-refractivity contribution in [1.82, 2.24) is 10.3 Å². The molecule has 1 aromatic heterocycles. The van der Waals surface area contributed by atoms with Gasteiger partial charge in [-0.1, -0.05) is 42.3 Å². The van der Waals surface area contributed by atoms with Gasteiger partial charge in [0.25, 0.3) is 0 Å². The van der Waals surface area contributed by atoms with Crippen LogP contribution >= 0.6 is 23.2 Å². The summed E-state index contributed by atoms with van der Waals surface area (Å²) in [6.45, 7) is 2.88. The molecule has 0 amide bonds. The van der Waals surface area contributed by atoms with Crippen molar-refractivity contribution in [3.63, 3.8) is 0 Å². The average molecular weight is 313 g/mol. The second-order valence-corrected chi connectivity index (χ2v) is 5.30. The van der Waals surface area contributed by atoms with Gasteiger partial charge < -0.3 is 5.32 Å². The highest BCUT2D eigenvalue weighted by Gasteiger charge is 2.18. The lowest BCUT2D eigenvalue weighted by molar-refractivity contribution is 0.582. The van der Waals surface area contributed by atoms with Crippen molar-refractivity contribution in [3.05, 3.63) is 63.6 Å². The first-order valence-electron chi connectivity index (χ1n) is 6.41. The average Bonchev–Trinajstić information content (AvgIpc) is 2.42. The molecular formula is C15H15Cl2FN2. The number of nitrogens with one attached hydrogen (secondary N) is 1. The Hall–Kier alpha value is -1.16. The minimum atomic E-state index is -0.266. The summed E-state index contributed by atoms with van der Waals surface area (Å²) < 4.78 is 13.1. The molecule has 1 aromatic carbocycles. The van der Waals surface area contributed by atoms with Gasteiger partial charge in [0.05, 0.1) is 21.8 Å². The summed E-state index contributed by atoms with van der Waals surface area (Å²) in [7, 11) is 0. The van der Waals surface area contributed by atoms with Gasteiger partial charge in [-0.2, -0.15) is 0 Å². The lowest BCUT2D eigenvalue weighted by Gasteiger charge is -2.19. The standard InChI is InChI=1S/C15H15Cl2FN2/c1-2-7-19-14(10-3-5-12(18)6-4-10)15-13(17)8-11(16)9-20-15/h3-6,8-9,14,19H,2,7H2,1H3. The van der Waals surface area contributed by atoms with Gasteiger partial charge in [-0.05, 0) is 36.7 Å². The minimum absolute atomic E-state index is 0.180. The Morgan fingerprint density at radius 3 is 2.55 bits per heavy atom. The molecule has 20 heavy (non-hydrogen) atoms. The molecular weight excluding hydrogens is 298 g/mol. The van der Waals surface area contributed by atoms with Crippen LogP contribution in [0.25, 0.3) is 0 Å². The monoisotopic (exact) mass is 312 g/mol. The van der Waals surface area contributed by atoms with Crippen molar-refractivity contribution >= 4 is 23.2 Å². The third-order valence-corrected chi connectivity index (χ3v) is 3.42. The fraction of sp³-hybridized carbons (Fsp3) is 0.267. The summed E-state index contributed by atoms with van der Waals surface area (Å²) in [5.41, 5.74) is 1.60. The third kappa shape index (κ3) is 3.69. The maximum Gasteiger partial charge on any atom is 0.123 e. The van der Waals surface area contributed by atoms with Crippen LogP contribution in [-0.2, 0) is 0 Å². The number of rotatable bonds is 5. The van der Waals surface area contributed by atoms with Gasteiger partial charge in [0.2, 0.25) is 0 Å². The smallest absolute Gasteiger partial charge is 0.123 e. The molecule has 0 bridgehead atoms. The maximum atomic E-state index is 13.1. The van der Waals surface area contributed by atoms with E-state index in [1.54, 1.807) is 24.4 Å². The normalized spacial score (nSPS) is 12.4. The van der Waals surface area contributed by atoms with Crippen molar-refractivity contribution in [2.75, 3.05) is 6.54 Å². The first-order chi connectivity index (χ1) is 9.61. The number of hydrogen-bond acceptors (Lipinski definition) is 2. The van der Waals surface area contributed by atoms with Crippen LogP contribution in [0, 0.1) is 5.82 Å². The fourth-order valence-electron chi connectivity index (χ4n) is 1.95. The summed E-state index contributed by atoms with van der Waals surface area (Å²) in [4.78, 5) is 4.31.